The second-order valence-electron chi connectivity index (χ2n) is 5.89. The Hall–Kier alpha value is -1.40. The van der Waals surface area contributed by atoms with Crippen LogP contribution in [0.2, 0.25) is 0 Å². The summed E-state index contributed by atoms with van der Waals surface area (Å²) in [5, 5.41) is 10.9. The van der Waals surface area contributed by atoms with Gasteiger partial charge in [-0.05, 0) is 33.6 Å². The number of nitrogens with one attached hydrogen (secondary N) is 2. The molecule has 0 aliphatic heterocycles. The fourth-order valence-corrected chi connectivity index (χ4v) is 2.43. The summed E-state index contributed by atoms with van der Waals surface area (Å²) in [6, 6.07) is 0.681. The number of hydrogen-bond donors (Lipinski definition) is 2. The first-order valence-corrected chi connectivity index (χ1v) is 7.55. The number of methoxy groups -OCH3 is 1. The number of carbonyl (C=O) groups excluding carboxylic acids is 1. The van der Waals surface area contributed by atoms with Crippen molar-refractivity contribution in [2.24, 2.45) is 0 Å². The molecule has 0 spiro atoms. The highest BCUT2D eigenvalue weighted by atomic mass is 16.5. The average Bonchev–Trinajstić information content (AvgIpc) is 3.18. The topological polar surface area (TPSA) is 68.2 Å². The zero-order chi connectivity index (χ0) is 15.4. The van der Waals surface area contributed by atoms with Gasteiger partial charge in [0.05, 0.1) is 12.3 Å². The largest absolute Gasteiger partial charge is 0.383 e. The predicted molar refractivity (Wildman–Crippen MR) is 81.0 cm³/mol. The summed E-state index contributed by atoms with van der Waals surface area (Å²) in [6.07, 6.45) is 2.54. The summed E-state index contributed by atoms with van der Waals surface area (Å²) in [4.78, 5) is 12.0. The van der Waals surface area contributed by atoms with Gasteiger partial charge in [0.2, 0.25) is 5.91 Å². The van der Waals surface area contributed by atoms with Crippen LogP contribution in [0.25, 0.3) is 0 Å². The molecule has 1 aliphatic rings. The molecule has 1 amide bonds. The van der Waals surface area contributed by atoms with Crippen molar-refractivity contribution >= 4 is 5.91 Å². The fraction of sp³-hybridized carbons (Fsp3) is 0.733. The Morgan fingerprint density at radius 1 is 1.48 bits per heavy atom. The standard InChI is InChI=1S/C15H26N4O2/c1-10(9-21-4)17-15(20)8-19-12(3)14(11(2)18-19)7-16-13-5-6-13/h10,13,16H,5-9H2,1-4H3,(H,17,20). The average molecular weight is 294 g/mol. The first-order valence-electron chi connectivity index (χ1n) is 7.55. The van der Waals surface area contributed by atoms with Crippen LogP contribution < -0.4 is 10.6 Å². The van der Waals surface area contributed by atoms with Crippen LogP contribution in [0.1, 0.15) is 36.7 Å². The van der Waals surface area contributed by atoms with Crippen molar-refractivity contribution in [1.29, 1.82) is 0 Å². The molecule has 1 aromatic heterocycles. The molecule has 0 bridgehead atoms. The predicted octanol–water partition coefficient (Wildman–Crippen LogP) is 0.903. The summed E-state index contributed by atoms with van der Waals surface area (Å²) < 4.78 is 6.80. The third-order valence-corrected chi connectivity index (χ3v) is 3.79. The molecule has 1 aliphatic carbocycles. The van der Waals surface area contributed by atoms with Gasteiger partial charge in [0.1, 0.15) is 6.54 Å². The van der Waals surface area contributed by atoms with Crippen LogP contribution in [0, 0.1) is 13.8 Å². The third-order valence-electron chi connectivity index (χ3n) is 3.79. The molecule has 2 rings (SSSR count). The van der Waals surface area contributed by atoms with Crippen LogP contribution in [0.5, 0.6) is 0 Å². The highest BCUT2D eigenvalue weighted by Gasteiger charge is 2.22. The van der Waals surface area contributed by atoms with Gasteiger partial charge in [0.25, 0.3) is 0 Å². The lowest BCUT2D eigenvalue weighted by molar-refractivity contribution is -0.122. The first-order chi connectivity index (χ1) is 10.0. The molecule has 118 valence electrons. The molecule has 1 unspecified atom stereocenters. The summed E-state index contributed by atoms with van der Waals surface area (Å²) in [5.41, 5.74) is 3.27. The van der Waals surface area contributed by atoms with Crippen LogP contribution in [0.3, 0.4) is 0 Å². The van der Waals surface area contributed by atoms with Gasteiger partial charge in [-0.25, -0.2) is 0 Å². The van der Waals surface area contributed by atoms with Gasteiger partial charge in [-0.15, -0.1) is 0 Å². The quantitative estimate of drug-likeness (QED) is 0.747. The Bertz CT molecular complexity index is 494. The number of aromatic nitrogens is 2. The second kappa shape index (κ2) is 7.04. The summed E-state index contributed by atoms with van der Waals surface area (Å²) in [7, 11) is 1.63. The van der Waals surface area contributed by atoms with Crippen molar-refractivity contribution in [2.45, 2.75) is 58.8 Å². The van der Waals surface area contributed by atoms with Gasteiger partial charge in [-0.3, -0.25) is 9.48 Å². The number of amides is 1. The Morgan fingerprint density at radius 2 is 2.19 bits per heavy atom. The van der Waals surface area contributed by atoms with Crippen LogP contribution in [-0.4, -0.2) is 41.5 Å². The molecule has 1 heterocycles. The molecular weight excluding hydrogens is 268 g/mol. The van der Waals surface area contributed by atoms with Crippen molar-refractivity contribution in [2.75, 3.05) is 13.7 Å². The van der Waals surface area contributed by atoms with E-state index in [-0.39, 0.29) is 18.5 Å². The first kappa shape index (κ1) is 16.0. The van der Waals surface area contributed by atoms with Gasteiger partial charge >= 0.3 is 0 Å². The number of rotatable bonds is 8. The number of aryl methyl sites for hydroxylation is 1. The molecule has 1 saturated carbocycles. The van der Waals surface area contributed by atoms with Crippen LogP contribution in [-0.2, 0) is 22.6 Å². The zero-order valence-corrected chi connectivity index (χ0v) is 13.4. The maximum atomic E-state index is 12.0. The van der Waals surface area contributed by atoms with E-state index < -0.39 is 0 Å². The van der Waals surface area contributed by atoms with E-state index in [1.165, 1.54) is 18.4 Å². The minimum absolute atomic E-state index is 0.00969. The van der Waals surface area contributed by atoms with Crippen LogP contribution >= 0.6 is 0 Å². The van der Waals surface area contributed by atoms with Gasteiger partial charge in [0.15, 0.2) is 0 Å². The third kappa shape index (κ3) is 4.54. The maximum absolute atomic E-state index is 12.0. The van der Waals surface area contributed by atoms with Crippen molar-refractivity contribution < 1.29 is 9.53 Å². The Labute approximate surface area is 126 Å². The van der Waals surface area contributed by atoms with E-state index in [9.17, 15) is 4.79 Å². The van der Waals surface area contributed by atoms with Gasteiger partial charge in [-0.2, -0.15) is 5.10 Å². The van der Waals surface area contributed by atoms with E-state index in [4.69, 9.17) is 4.74 Å². The molecule has 6 heteroatoms. The molecule has 2 N–H and O–H groups in total. The van der Waals surface area contributed by atoms with Gasteiger partial charge in [0, 0.05) is 37.0 Å². The summed E-state index contributed by atoms with van der Waals surface area (Å²) in [5.74, 6) is -0.0353. The fourth-order valence-electron chi connectivity index (χ4n) is 2.43. The lowest BCUT2D eigenvalue weighted by atomic mass is 10.2. The van der Waals surface area contributed by atoms with Crippen molar-refractivity contribution in [1.82, 2.24) is 20.4 Å². The number of nitrogens with zero attached hydrogens (tertiary/aromatic N) is 2. The lowest BCUT2D eigenvalue weighted by Crippen LogP contribution is -2.38. The molecule has 21 heavy (non-hydrogen) atoms. The second-order valence-corrected chi connectivity index (χ2v) is 5.89. The molecule has 6 nitrogen and oxygen atoms in total. The van der Waals surface area contributed by atoms with Crippen LogP contribution in [0.15, 0.2) is 0 Å². The number of ether oxygens (including phenoxy) is 1. The van der Waals surface area contributed by atoms with E-state index in [1.54, 1.807) is 11.8 Å². The summed E-state index contributed by atoms with van der Waals surface area (Å²) in [6.45, 7) is 7.55. The smallest absolute Gasteiger partial charge is 0.242 e. The number of hydrogen-bond acceptors (Lipinski definition) is 4. The maximum Gasteiger partial charge on any atom is 0.242 e. The van der Waals surface area contributed by atoms with E-state index >= 15 is 0 Å². The molecule has 1 aromatic rings. The monoisotopic (exact) mass is 294 g/mol. The minimum atomic E-state index is -0.0353. The van der Waals surface area contributed by atoms with Crippen molar-refractivity contribution in [3.63, 3.8) is 0 Å². The molecule has 1 atom stereocenters. The highest BCUT2D eigenvalue weighted by molar-refractivity contribution is 5.76. The molecule has 1 fully saturated rings. The zero-order valence-electron chi connectivity index (χ0n) is 13.4. The molecule has 0 radical (unpaired) electrons. The Morgan fingerprint density at radius 3 is 2.81 bits per heavy atom. The van der Waals surface area contributed by atoms with Gasteiger partial charge in [-0.1, -0.05) is 0 Å². The summed E-state index contributed by atoms with van der Waals surface area (Å²) >= 11 is 0. The number of carbonyl (C=O) groups is 1. The molecular formula is C15H26N4O2. The van der Waals surface area contributed by atoms with E-state index in [1.807, 2.05) is 20.8 Å². The molecule has 0 aromatic carbocycles. The van der Waals surface area contributed by atoms with Crippen molar-refractivity contribution in [3.05, 3.63) is 17.0 Å². The normalized spacial score (nSPS) is 16.0. The minimum Gasteiger partial charge on any atom is -0.383 e. The van der Waals surface area contributed by atoms with E-state index in [2.05, 4.69) is 15.7 Å². The SMILES string of the molecule is COCC(C)NC(=O)Cn1nc(C)c(CNC2CC2)c1C. The lowest BCUT2D eigenvalue weighted by Gasteiger charge is -2.13. The van der Waals surface area contributed by atoms with Crippen LogP contribution in [0.4, 0.5) is 0 Å². The van der Waals surface area contributed by atoms with Gasteiger partial charge < -0.3 is 15.4 Å². The molecule has 0 saturated heterocycles. The van der Waals surface area contributed by atoms with E-state index in [0.717, 1.165) is 17.9 Å². The Balaban J connectivity index is 1.93. The van der Waals surface area contributed by atoms with Crippen molar-refractivity contribution in [3.8, 4) is 0 Å². The Kier molecular flexibility index (Phi) is 5.36. The highest BCUT2D eigenvalue weighted by Crippen LogP contribution is 2.21. The van der Waals surface area contributed by atoms with E-state index in [0.29, 0.717) is 12.6 Å².